The fourth-order valence-electron chi connectivity index (χ4n) is 2.43. The van der Waals surface area contributed by atoms with E-state index in [0.29, 0.717) is 11.3 Å². The fourth-order valence-corrected chi connectivity index (χ4v) is 2.43. The summed E-state index contributed by atoms with van der Waals surface area (Å²) >= 11 is 0. The highest BCUT2D eigenvalue weighted by molar-refractivity contribution is 5.91. The first-order chi connectivity index (χ1) is 15.6. The lowest BCUT2D eigenvalue weighted by molar-refractivity contribution is -0.132. The Morgan fingerprint density at radius 1 is 0.818 bits per heavy atom. The number of aliphatic hydroxyl groups is 1. The van der Waals surface area contributed by atoms with Crippen LogP contribution in [0.3, 0.4) is 0 Å². The van der Waals surface area contributed by atoms with Gasteiger partial charge in [-0.05, 0) is 61.7 Å². The molecule has 0 fully saturated rings. The maximum atomic E-state index is 12.1. The molecule has 1 unspecified atom stereocenters. The molecule has 0 aliphatic carbocycles. The Kier molecular flexibility index (Phi) is 9.15. The molecule has 0 aliphatic rings. The first kappa shape index (κ1) is 25.6. The number of aliphatic hydroxyl groups excluding tert-OH is 1. The van der Waals surface area contributed by atoms with Gasteiger partial charge in [-0.3, -0.25) is 0 Å². The Morgan fingerprint density at radius 2 is 1.36 bits per heavy atom. The summed E-state index contributed by atoms with van der Waals surface area (Å²) in [5.41, 5.74) is 2.49. The Morgan fingerprint density at radius 3 is 1.91 bits per heavy atom. The first-order valence-corrected chi connectivity index (χ1v) is 10.2. The highest BCUT2D eigenvalue weighted by atomic mass is 16.6. The molecular weight excluding hydrogens is 424 g/mol. The van der Waals surface area contributed by atoms with Gasteiger partial charge < -0.3 is 24.1 Å². The molecule has 0 saturated heterocycles. The SMILES string of the molecule is C=C(C)C(=O)Oc1ccc(-c2ccc(OCCOC(O)C(=C)C)cc2)cc1OC(=O)C(=C)C. The molecular formula is C26H28O7. The summed E-state index contributed by atoms with van der Waals surface area (Å²) in [7, 11) is 0. The van der Waals surface area contributed by atoms with Crippen LogP contribution in [-0.4, -0.2) is 36.5 Å². The van der Waals surface area contributed by atoms with Gasteiger partial charge in [0.15, 0.2) is 17.8 Å². The van der Waals surface area contributed by atoms with Crippen LogP contribution < -0.4 is 14.2 Å². The molecule has 0 aromatic heterocycles. The molecule has 2 aromatic rings. The van der Waals surface area contributed by atoms with Gasteiger partial charge in [-0.25, -0.2) is 9.59 Å². The fraction of sp³-hybridized carbons (Fsp3) is 0.231. The summed E-state index contributed by atoms with van der Waals surface area (Å²) < 4.78 is 21.4. The van der Waals surface area contributed by atoms with Crippen molar-refractivity contribution < 1.29 is 33.6 Å². The molecule has 1 N–H and O–H groups in total. The largest absolute Gasteiger partial charge is 0.491 e. The van der Waals surface area contributed by atoms with Crippen LogP contribution in [0.1, 0.15) is 20.8 Å². The van der Waals surface area contributed by atoms with Crippen molar-refractivity contribution in [3.8, 4) is 28.4 Å². The average Bonchev–Trinajstić information content (AvgIpc) is 2.77. The van der Waals surface area contributed by atoms with Gasteiger partial charge in [0.1, 0.15) is 12.4 Å². The van der Waals surface area contributed by atoms with Crippen LogP contribution in [0.4, 0.5) is 0 Å². The van der Waals surface area contributed by atoms with Gasteiger partial charge in [-0.15, -0.1) is 0 Å². The molecule has 0 radical (unpaired) electrons. The summed E-state index contributed by atoms with van der Waals surface area (Å²) in [6, 6.07) is 12.1. The molecule has 2 rings (SSSR count). The van der Waals surface area contributed by atoms with Crippen molar-refractivity contribution in [1.82, 2.24) is 0 Å². The third kappa shape index (κ3) is 7.75. The molecule has 7 heteroatoms. The van der Waals surface area contributed by atoms with Crippen molar-refractivity contribution in [2.45, 2.75) is 27.1 Å². The van der Waals surface area contributed by atoms with Crippen LogP contribution >= 0.6 is 0 Å². The number of rotatable bonds is 11. The van der Waals surface area contributed by atoms with Crippen molar-refractivity contribution in [3.63, 3.8) is 0 Å². The molecule has 2 aromatic carbocycles. The second-order valence-electron chi connectivity index (χ2n) is 7.44. The molecule has 7 nitrogen and oxygen atoms in total. The maximum Gasteiger partial charge on any atom is 0.338 e. The van der Waals surface area contributed by atoms with Gasteiger partial charge in [0.2, 0.25) is 0 Å². The molecule has 0 saturated carbocycles. The van der Waals surface area contributed by atoms with Crippen molar-refractivity contribution >= 4 is 11.9 Å². The third-order valence-electron chi connectivity index (χ3n) is 4.28. The minimum atomic E-state index is -1.01. The number of ether oxygens (including phenoxy) is 4. The second kappa shape index (κ2) is 11.8. The van der Waals surface area contributed by atoms with Crippen LogP contribution in [0.2, 0.25) is 0 Å². The standard InChI is InChI=1S/C26H28O7/c1-16(2)24(27)31-14-13-30-21-10-7-19(8-11-21)20-9-12-22(32-25(28)17(3)4)23(15-20)33-26(29)18(5)6/h7-12,15,24,27H,1,3,5,13-14H2,2,4,6H3. The van der Waals surface area contributed by atoms with Gasteiger partial charge in [0.05, 0.1) is 6.61 Å². The van der Waals surface area contributed by atoms with Crippen molar-refractivity contribution in [1.29, 1.82) is 0 Å². The van der Waals surface area contributed by atoms with Crippen molar-refractivity contribution in [3.05, 3.63) is 78.9 Å². The summed E-state index contributed by atoms with van der Waals surface area (Å²) in [6.07, 6.45) is -1.01. The highest BCUT2D eigenvalue weighted by Crippen LogP contribution is 2.34. The smallest absolute Gasteiger partial charge is 0.338 e. The van der Waals surface area contributed by atoms with Crippen LogP contribution in [-0.2, 0) is 14.3 Å². The van der Waals surface area contributed by atoms with E-state index in [-0.39, 0.29) is 35.9 Å². The lowest BCUT2D eigenvalue weighted by atomic mass is 10.0. The number of carbonyl (C=O) groups is 2. The Labute approximate surface area is 193 Å². The van der Waals surface area contributed by atoms with E-state index in [9.17, 15) is 14.7 Å². The maximum absolute atomic E-state index is 12.1. The summed E-state index contributed by atoms with van der Waals surface area (Å²) in [4.78, 5) is 24.0. The number of benzene rings is 2. The van der Waals surface area contributed by atoms with Gasteiger partial charge in [-0.1, -0.05) is 37.9 Å². The van der Waals surface area contributed by atoms with E-state index >= 15 is 0 Å². The van der Waals surface area contributed by atoms with Gasteiger partial charge >= 0.3 is 11.9 Å². The van der Waals surface area contributed by atoms with Crippen LogP contribution in [0.5, 0.6) is 17.2 Å². The quantitative estimate of drug-likeness (QED) is 0.133. The number of esters is 2. The average molecular weight is 453 g/mol. The van der Waals surface area contributed by atoms with E-state index < -0.39 is 18.2 Å². The highest BCUT2D eigenvalue weighted by Gasteiger charge is 2.16. The van der Waals surface area contributed by atoms with Crippen LogP contribution in [0, 0.1) is 0 Å². The Hall–Kier alpha value is -3.68. The molecule has 33 heavy (non-hydrogen) atoms. The zero-order valence-corrected chi connectivity index (χ0v) is 19.1. The molecule has 0 heterocycles. The zero-order chi connectivity index (χ0) is 24.5. The first-order valence-electron chi connectivity index (χ1n) is 10.2. The molecule has 0 spiro atoms. The summed E-state index contributed by atoms with van der Waals surface area (Å²) in [5.74, 6) is -0.464. The lowest BCUT2D eigenvalue weighted by Crippen LogP contribution is -2.17. The van der Waals surface area contributed by atoms with Gasteiger partial charge in [-0.2, -0.15) is 0 Å². The normalized spacial score (nSPS) is 11.3. The number of carbonyl (C=O) groups excluding carboxylic acids is 2. The van der Waals surface area contributed by atoms with Gasteiger partial charge in [0, 0.05) is 11.1 Å². The Bertz CT molecular complexity index is 1050. The molecule has 1 atom stereocenters. The monoisotopic (exact) mass is 452 g/mol. The van der Waals surface area contributed by atoms with E-state index in [2.05, 4.69) is 19.7 Å². The van der Waals surface area contributed by atoms with Crippen molar-refractivity contribution in [2.24, 2.45) is 0 Å². The van der Waals surface area contributed by atoms with E-state index in [1.807, 2.05) is 12.1 Å². The zero-order valence-electron chi connectivity index (χ0n) is 19.1. The molecule has 0 amide bonds. The lowest BCUT2D eigenvalue weighted by Gasteiger charge is -2.13. The molecule has 0 bridgehead atoms. The molecule has 174 valence electrons. The molecule has 0 aliphatic heterocycles. The van der Waals surface area contributed by atoms with Crippen molar-refractivity contribution in [2.75, 3.05) is 13.2 Å². The van der Waals surface area contributed by atoms with Crippen LogP contribution in [0.25, 0.3) is 11.1 Å². The van der Waals surface area contributed by atoms with Crippen LogP contribution in [0.15, 0.2) is 78.9 Å². The topological polar surface area (TPSA) is 91.3 Å². The van der Waals surface area contributed by atoms with E-state index in [4.69, 9.17) is 18.9 Å². The minimum Gasteiger partial charge on any atom is -0.491 e. The number of hydrogen-bond acceptors (Lipinski definition) is 7. The summed E-state index contributed by atoms with van der Waals surface area (Å²) in [5, 5.41) is 9.54. The van der Waals surface area contributed by atoms with E-state index in [1.54, 1.807) is 37.3 Å². The summed E-state index contributed by atoms with van der Waals surface area (Å²) in [6.45, 7) is 15.9. The predicted octanol–water partition coefficient (Wildman–Crippen LogP) is 4.61. The Balaban J connectivity index is 2.15. The third-order valence-corrected chi connectivity index (χ3v) is 4.28. The van der Waals surface area contributed by atoms with E-state index in [0.717, 1.165) is 11.1 Å². The number of hydrogen-bond donors (Lipinski definition) is 1. The minimum absolute atomic E-state index is 0.0867. The second-order valence-corrected chi connectivity index (χ2v) is 7.44. The van der Waals surface area contributed by atoms with Gasteiger partial charge in [0.25, 0.3) is 0 Å². The predicted molar refractivity (Wildman–Crippen MR) is 125 cm³/mol. The van der Waals surface area contributed by atoms with E-state index in [1.165, 1.54) is 13.8 Å².